The molecule has 2 aromatic carbocycles. The molecule has 0 amide bonds. The smallest absolute Gasteiger partial charge is 0.179 e. The molecule has 2 rings (SSSR count). The molecule has 21 heavy (non-hydrogen) atoms. The molecule has 0 unspecified atom stereocenters. The lowest BCUT2D eigenvalue weighted by molar-refractivity contribution is 0.968. The molecule has 0 aliphatic heterocycles. The number of para-hydroxylation sites is 1. The highest BCUT2D eigenvalue weighted by Gasteiger charge is 2.17. The maximum Gasteiger partial charge on any atom is 0.179 e. The van der Waals surface area contributed by atoms with Crippen molar-refractivity contribution in [3.8, 4) is 6.07 Å². The van der Waals surface area contributed by atoms with E-state index in [-0.39, 0.29) is 0 Å². The molecule has 0 aromatic heterocycles. The molecule has 2 aromatic rings. The second-order valence-corrected chi connectivity index (χ2v) is 5.13. The van der Waals surface area contributed by atoms with E-state index in [1.54, 1.807) is 17.1 Å². The highest BCUT2D eigenvalue weighted by molar-refractivity contribution is 8.13. The Balaban J connectivity index is 2.38. The molecule has 0 bridgehead atoms. The second kappa shape index (κ2) is 6.82. The third kappa shape index (κ3) is 3.36. The molecule has 0 atom stereocenters. The van der Waals surface area contributed by atoms with Gasteiger partial charge in [-0.1, -0.05) is 30.0 Å². The Bertz CT molecular complexity index is 646. The van der Waals surface area contributed by atoms with E-state index in [4.69, 9.17) is 10.7 Å². The van der Waals surface area contributed by atoms with Gasteiger partial charge in [-0.2, -0.15) is 5.26 Å². The number of rotatable bonds is 3. The van der Waals surface area contributed by atoms with Crippen LogP contribution in [0.2, 0.25) is 0 Å². The zero-order chi connectivity index (χ0) is 15.2. The van der Waals surface area contributed by atoms with Crippen LogP contribution >= 0.6 is 11.8 Å². The molecule has 4 nitrogen and oxygen atoms in total. The summed E-state index contributed by atoms with van der Waals surface area (Å²) < 4.78 is 0. The van der Waals surface area contributed by atoms with Gasteiger partial charge in [-0.3, -0.25) is 10.4 Å². The summed E-state index contributed by atoms with van der Waals surface area (Å²) in [5, 5.41) is 21.2. The van der Waals surface area contributed by atoms with Gasteiger partial charge in [0.1, 0.15) is 0 Å². The first-order valence-electron chi connectivity index (χ1n) is 6.39. The van der Waals surface area contributed by atoms with Crippen molar-refractivity contribution >= 4 is 28.3 Å². The van der Waals surface area contributed by atoms with Crippen molar-refractivity contribution in [3.05, 3.63) is 60.2 Å². The molecule has 0 saturated carbocycles. The van der Waals surface area contributed by atoms with E-state index in [1.165, 1.54) is 11.8 Å². The van der Waals surface area contributed by atoms with E-state index >= 15 is 0 Å². The van der Waals surface area contributed by atoms with Crippen LogP contribution in [-0.4, -0.2) is 18.5 Å². The number of hydrogen-bond donors (Lipinski definition) is 1. The van der Waals surface area contributed by atoms with Gasteiger partial charge in [-0.25, -0.2) is 5.01 Å². The van der Waals surface area contributed by atoms with Crippen molar-refractivity contribution in [1.29, 1.82) is 10.7 Å². The molecule has 106 valence electrons. The van der Waals surface area contributed by atoms with E-state index in [9.17, 15) is 0 Å². The lowest BCUT2D eigenvalue weighted by Gasteiger charge is -2.34. The zero-order valence-electron chi connectivity index (χ0n) is 11.9. The summed E-state index contributed by atoms with van der Waals surface area (Å²) in [4.78, 5) is 0. The molecule has 1 N–H and O–H groups in total. The van der Waals surface area contributed by atoms with Crippen molar-refractivity contribution in [3.63, 3.8) is 0 Å². The Morgan fingerprint density at radius 2 is 1.67 bits per heavy atom. The van der Waals surface area contributed by atoms with Crippen LogP contribution in [0.4, 0.5) is 11.4 Å². The van der Waals surface area contributed by atoms with Crippen molar-refractivity contribution in [2.45, 2.75) is 0 Å². The second-order valence-electron chi connectivity index (χ2n) is 4.34. The highest BCUT2D eigenvalue weighted by atomic mass is 32.2. The van der Waals surface area contributed by atoms with Gasteiger partial charge in [0.25, 0.3) is 0 Å². The average Bonchev–Trinajstić information content (AvgIpc) is 2.56. The van der Waals surface area contributed by atoms with Gasteiger partial charge in [0.2, 0.25) is 0 Å². The predicted octanol–water partition coefficient (Wildman–Crippen LogP) is 3.71. The molecule has 5 heteroatoms. The largest absolute Gasteiger partial charge is 0.282 e. The minimum Gasteiger partial charge on any atom is -0.282 e. The summed E-state index contributed by atoms with van der Waals surface area (Å²) in [6, 6.07) is 19.2. The van der Waals surface area contributed by atoms with Crippen LogP contribution in [0.5, 0.6) is 0 Å². The fourth-order valence-electron chi connectivity index (χ4n) is 1.95. The zero-order valence-corrected chi connectivity index (χ0v) is 12.8. The minimum atomic E-state index is 0.408. The first-order chi connectivity index (χ1) is 10.2. The van der Waals surface area contributed by atoms with Crippen LogP contribution in [0.1, 0.15) is 5.56 Å². The van der Waals surface area contributed by atoms with Crippen molar-refractivity contribution in [2.75, 3.05) is 23.3 Å². The third-order valence-corrected chi connectivity index (χ3v) is 3.62. The lowest BCUT2D eigenvalue weighted by Crippen LogP contribution is -2.43. The number of benzene rings is 2. The molecular formula is C16H16N4S. The van der Waals surface area contributed by atoms with E-state index in [2.05, 4.69) is 6.07 Å². The van der Waals surface area contributed by atoms with Gasteiger partial charge in [0.15, 0.2) is 5.17 Å². The summed E-state index contributed by atoms with van der Waals surface area (Å²) >= 11 is 1.36. The number of nitrogens with zero attached hydrogens (tertiary/aromatic N) is 3. The van der Waals surface area contributed by atoms with Gasteiger partial charge in [0, 0.05) is 7.05 Å². The molecular weight excluding hydrogens is 280 g/mol. The summed E-state index contributed by atoms with van der Waals surface area (Å²) in [5.41, 5.74) is 2.44. The van der Waals surface area contributed by atoms with Crippen LogP contribution in [0.3, 0.4) is 0 Å². The fraction of sp³-hybridized carbons (Fsp3) is 0.125. The highest BCUT2D eigenvalue weighted by Crippen LogP contribution is 2.24. The number of anilines is 2. The van der Waals surface area contributed by atoms with Crippen LogP contribution in [-0.2, 0) is 0 Å². The fourth-order valence-corrected chi connectivity index (χ4v) is 2.35. The Hall–Kier alpha value is -2.45. The Morgan fingerprint density at radius 3 is 2.19 bits per heavy atom. The Labute approximate surface area is 129 Å². The standard InChI is InChI=1S/C16H16N4S/c1-19(14-6-4-3-5-7-14)20(16(18)21-2)15-10-8-13(12-17)9-11-15/h3-11,18H,1-2H3. The number of nitriles is 1. The number of nitrogens with one attached hydrogen (secondary N) is 1. The third-order valence-electron chi connectivity index (χ3n) is 3.06. The van der Waals surface area contributed by atoms with Gasteiger partial charge in [0.05, 0.1) is 23.0 Å². The topological polar surface area (TPSA) is 54.1 Å². The number of hydrazine groups is 1. The lowest BCUT2D eigenvalue weighted by atomic mass is 10.2. The van der Waals surface area contributed by atoms with Gasteiger partial charge in [-0.15, -0.1) is 0 Å². The van der Waals surface area contributed by atoms with Crippen LogP contribution in [0.25, 0.3) is 0 Å². The van der Waals surface area contributed by atoms with Crippen LogP contribution in [0.15, 0.2) is 54.6 Å². The quantitative estimate of drug-likeness (QED) is 0.533. The average molecular weight is 296 g/mol. The minimum absolute atomic E-state index is 0.408. The molecule has 0 saturated heterocycles. The molecule has 0 fully saturated rings. The van der Waals surface area contributed by atoms with Gasteiger partial charge < -0.3 is 0 Å². The van der Waals surface area contributed by atoms with E-state index in [0.717, 1.165) is 11.4 Å². The van der Waals surface area contributed by atoms with Crippen LogP contribution < -0.4 is 10.0 Å². The summed E-state index contributed by atoms with van der Waals surface area (Å²) in [6.45, 7) is 0. The summed E-state index contributed by atoms with van der Waals surface area (Å²) in [6.07, 6.45) is 1.87. The maximum absolute atomic E-state index is 8.89. The summed E-state index contributed by atoms with van der Waals surface area (Å²) in [7, 11) is 1.91. The SMILES string of the molecule is CSC(=N)N(c1ccc(C#N)cc1)N(C)c1ccccc1. The van der Waals surface area contributed by atoms with Crippen molar-refractivity contribution in [2.24, 2.45) is 0 Å². The number of amidine groups is 1. The van der Waals surface area contributed by atoms with E-state index in [0.29, 0.717) is 10.7 Å². The normalized spacial score (nSPS) is 9.76. The molecule has 0 radical (unpaired) electrons. The number of thioether (sulfide) groups is 1. The van der Waals surface area contributed by atoms with Crippen molar-refractivity contribution < 1.29 is 0 Å². The predicted molar refractivity (Wildman–Crippen MR) is 89.7 cm³/mol. The first-order valence-corrected chi connectivity index (χ1v) is 7.61. The van der Waals surface area contributed by atoms with Crippen LogP contribution in [0, 0.1) is 16.7 Å². The van der Waals surface area contributed by atoms with E-state index in [1.807, 2.05) is 60.8 Å². The van der Waals surface area contributed by atoms with Gasteiger partial charge >= 0.3 is 0 Å². The summed E-state index contributed by atoms with van der Waals surface area (Å²) in [5.74, 6) is 0. The monoisotopic (exact) mass is 296 g/mol. The van der Waals surface area contributed by atoms with Gasteiger partial charge in [-0.05, 0) is 42.7 Å². The van der Waals surface area contributed by atoms with E-state index < -0.39 is 0 Å². The Kier molecular flexibility index (Phi) is 4.85. The molecule has 0 aliphatic carbocycles. The number of hydrogen-bond acceptors (Lipinski definition) is 4. The molecule has 0 spiro atoms. The Morgan fingerprint density at radius 1 is 1.05 bits per heavy atom. The molecule has 0 heterocycles. The maximum atomic E-state index is 8.89. The molecule has 0 aliphatic rings. The van der Waals surface area contributed by atoms with Crippen molar-refractivity contribution in [1.82, 2.24) is 0 Å². The first kappa shape index (κ1) is 14.9.